The van der Waals surface area contributed by atoms with Gasteiger partial charge in [0.25, 0.3) is 6.47 Å². The fraction of sp³-hybridized carbons (Fsp3) is 0.800. The van der Waals surface area contributed by atoms with Crippen molar-refractivity contribution in [3.63, 3.8) is 0 Å². The van der Waals surface area contributed by atoms with Crippen LogP contribution in [0.15, 0.2) is 0 Å². The van der Waals surface area contributed by atoms with Crippen LogP contribution in [0.2, 0.25) is 0 Å². The lowest BCUT2D eigenvalue weighted by atomic mass is 9.93. The number of aliphatic hydroxyl groups is 2. The molecule has 6 heteroatoms. The standard InChI is InChI=1S/C10H18O6/c1-8(3-15-7-13)4-16-9(14)10(2,5-11)6-12/h7-8,11-12H,3-6H2,1-2H3. The lowest BCUT2D eigenvalue weighted by Gasteiger charge is -2.23. The van der Waals surface area contributed by atoms with Crippen LogP contribution in [0, 0.1) is 11.3 Å². The van der Waals surface area contributed by atoms with Crippen molar-refractivity contribution >= 4 is 12.4 Å². The minimum absolute atomic E-state index is 0.0717. The van der Waals surface area contributed by atoms with Gasteiger partial charge in [0.15, 0.2) is 0 Å². The summed E-state index contributed by atoms with van der Waals surface area (Å²) in [5.41, 5.74) is -1.29. The molecule has 1 unspecified atom stereocenters. The fourth-order valence-corrected chi connectivity index (χ4v) is 0.823. The molecular weight excluding hydrogens is 216 g/mol. The first-order valence-corrected chi connectivity index (χ1v) is 4.94. The predicted octanol–water partition coefficient (Wildman–Crippen LogP) is -0.670. The van der Waals surface area contributed by atoms with Gasteiger partial charge in [-0.05, 0) is 6.92 Å². The summed E-state index contributed by atoms with van der Waals surface area (Å²) in [5, 5.41) is 17.9. The van der Waals surface area contributed by atoms with Gasteiger partial charge in [-0.2, -0.15) is 0 Å². The zero-order valence-electron chi connectivity index (χ0n) is 9.51. The number of hydrogen-bond donors (Lipinski definition) is 2. The van der Waals surface area contributed by atoms with Gasteiger partial charge < -0.3 is 19.7 Å². The average Bonchev–Trinajstić information content (AvgIpc) is 2.32. The van der Waals surface area contributed by atoms with E-state index in [1.54, 1.807) is 6.92 Å². The van der Waals surface area contributed by atoms with Gasteiger partial charge >= 0.3 is 5.97 Å². The van der Waals surface area contributed by atoms with Crippen molar-refractivity contribution in [3.05, 3.63) is 0 Å². The molecule has 16 heavy (non-hydrogen) atoms. The summed E-state index contributed by atoms with van der Waals surface area (Å²) in [6.45, 7) is 2.73. The van der Waals surface area contributed by atoms with Crippen LogP contribution in [-0.4, -0.2) is 49.1 Å². The number of carbonyl (C=O) groups excluding carboxylic acids is 2. The summed E-state index contributed by atoms with van der Waals surface area (Å²) in [7, 11) is 0. The summed E-state index contributed by atoms with van der Waals surface area (Å²) in [6.07, 6.45) is 0. The minimum atomic E-state index is -1.29. The Bertz CT molecular complexity index is 223. The van der Waals surface area contributed by atoms with E-state index in [-0.39, 0.29) is 19.1 Å². The smallest absolute Gasteiger partial charge is 0.316 e. The molecule has 0 fully saturated rings. The molecule has 0 amide bonds. The van der Waals surface area contributed by atoms with Crippen molar-refractivity contribution in [2.24, 2.45) is 11.3 Å². The Morgan fingerprint density at radius 1 is 1.38 bits per heavy atom. The lowest BCUT2D eigenvalue weighted by Crippen LogP contribution is -2.37. The number of ether oxygens (including phenoxy) is 2. The zero-order chi connectivity index (χ0) is 12.6. The van der Waals surface area contributed by atoms with Crippen molar-refractivity contribution in [1.82, 2.24) is 0 Å². The summed E-state index contributed by atoms with van der Waals surface area (Å²) >= 11 is 0. The summed E-state index contributed by atoms with van der Waals surface area (Å²) in [5.74, 6) is -0.800. The number of aliphatic hydroxyl groups excluding tert-OH is 2. The molecule has 0 aromatic carbocycles. The van der Waals surface area contributed by atoms with E-state index in [0.29, 0.717) is 6.47 Å². The molecule has 0 aliphatic rings. The number of esters is 1. The van der Waals surface area contributed by atoms with E-state index >= 15 is 0 Å². The topological polar surface area (TPSA) is 93.1 Å². The highest BCUT2D eigenvalue weighted by atomic mass is 16.5. The third kappa shape index (κ3) is 4.59. The number of hydrogen-bond acceptors (Lipinski definition) is 6. The predicted molar refractivity (Wildman–Crippen MR) is 54.4 cm³/mol. The van der Waals surface area contributed by atoms with Gasteiger partial charge in [-0.25, -0.2) is 0 Å². The molecule has 1 atom stereocenters. The van der Waals surface area contributed by atoms with Crippen LogP contribution in [-0.2, 0) is 19.1 Å². The molecule has 0 saturated carbocycles. The maximum Gasteiger partial charge on any atom is 0.316 e. The van der Waals surface area contributed by atoms with Crippen LogP contribution in [0.4, 0.5) is 0 Å². The summed E-state index contributed by atoms with van der Waals surface area (Å²) in [4.78, 5) is 21.4. The van der Waals surface area contributed by atoms with Crippen molar-refractivity contribution < 1.29 is 29.3 Å². The van der Waals surface area contributed by atoms with Crippen LogP contribution in [0.3, 0.4) is 0 Å². The normalized spacial score (nSPS) is 13.0. The SMILES string of the molecule is CC(COC=O)COC(=O)C(C)(CO)CO. The highest BCUT2D eigenvalue weighted by Gasteiger charge is 2.33. The molecule has 0 spiro atoms. The van der Waals surface area contributed by atoms with Crippen molar-refractivity contribution in [3.8, 4) is 0 Å². The Morgan fingerprint density at radius 3 is 2.38 bits per heavy atom. The Kier molecular flexibility index (Phi) is 6.67. The third-order valence-corrected chi connectivity index (χ3v) is 2.14. The van der Waals surface area contributed by atoms with Crippen molar-refractivity contribution in [2.45, 2.75) is 13.8 Å². The zero-order valence-corrected chi connectivity index (χ0v) is 9.51. The first-order chi connectivity index (χ1) is 7.50. The van der Waals surface area contributed by atoms with E-state index in [0.717, 1.165) is 0 Å². The molecule has 0 heterocycles. The van der Waals surface area contributed by atoms with Gasteiger partial charge in [0, 0.05) is 5.92 Å². The quantitative estimate of drug-likeness (QED) is 0.427. The van der Waals surface area contributed by atoms with Crippen molar-refractivity contribution in [1.29, 1.82) is 0 Å². The van der Waals surface area contributed by atoms with E-state index in [9.17, 15) is 9.59 Å². The van der Waals surface area contributed by atoms with Crippen LogP contribution in [0.5, 0.6) is 0 Å². The first-order valence-electron chi connectivity index (χ1n) is 4.94. The van der Waals surface area contributed by atoms with E-state index in [1.165, 1.54) is 6.92 Å². The van der Waals surface area contributed by atoms with Gasteiger partial charge in [-0.3, -0.25) is 9.59 Å². The molecule has 0 radical (unpaired) electrons. The highest BCUT2D eigenvalue weighted by Crippen LogP contribution is 2.16. The van der Waals surface area contributed by atoms with E-state index in [2.05, 4.69) is 4.74 Å². The van der Waals surface area contributed by atoms with E-state index in [1.807, 2.05) is 0 Å². The monoisotopic (exact) mass is 234 g/mol. The number of carbonyl (C=O) groups is 2. The minimum Gasteiger partial charge on any atom is -0.467 e. The summed E-state index contributed by atoms with van der Waals surface area (Å²) in [6, 6.07) is 0. The Labute approximate surface area is 94.2 Å². The van der Waals surface area contributed by atoms with Crippen molar-refractivity contribution in [2.75, 3.05) is 26.4 Å². The molecule has 94 valence electrons. The second kappa shape index (κ2) is 7.19. The molecule has 0 aliphatic carbocycles. The molecule has 0 aliphatic heterocycles. The summed E-state index contributed by atoms with van der Waals surface area (Å²) < 4.78 is 9.39. The van der Waals surface area contributed by atoms with Gasteiger partial charge in [0.2, 0.25) is 0 Å². The average molecular weight is 234 g/mol. The molecule has 0 aromatic heterocycles. The van der Waals surface area contributed by atoms with E-state index in [4.69, 9.17) is 14.9 Å². The molecule has 2 N–H and O–H groups in total. The van der Waals surface area contributed by atoms with Crippen LogP contribution < -0.4 is 0 Å². The van der Waals surface area contributed by atoms with Gasteiger partial charge in [0.1, 0.15) is 5.41 Å². The lowest BCUT2D eigenvalue weighted by molar-refractivity contribution is -0.161. The Balaban J connectivity index is 4.01. The number of rotatable bonds is 8. The van der Waals surface area contributed by atoms with Gasteiger partial charge in [-0.1, -0.05) is 6.92 Å². The van der Waals surface area contributed by atoms with Crippen LogP contribution in [0.25, 0.3) is 0 Å². The molecular formula is C10H18O6. The van der Waals surface area contributed by atoms with Crippen LogP contribution >= 0.6 is 0 Å². The second-order valence-corrected chi connectivity index (χ2v) is 4.01. The largest absolute Gasteiger partial charge is 0.467 e. The fourth-order valence-electron chi connectivity index (χ4n) is 0.823. The first kappa shape index (κ1) is 14.9. The second-order valence-electron chi connectivity index (χ2n) is 4.01. The molecule has 0 rings (SSSR count). The maximum absolute atomic E-state index is 11.5. The van der Waals surface area contributed by atoms with E-state index < -0.39 is 24.6 Å². The highest BCUT2D eigenvalue weighted by molar-refractivity contribution is 5.76. The maximum atomic E-state index is 11.5. The molecule has 0 bridgehead atoms. The molecule has 0 aromatic rings. The molecule has 0 saturated heterocycles. The van der Waals surface area contributed by atoms with Gasteiger partial charge in [-0.15, -0.1) is 0 Å². The van der Waals surface area contributed by atoms with Gasteiger partial charge in [0.05, 0.1) is 26.4 Å². The Morgan fingerprint density at radius 2 is 1.94 bits per heavy atom. The molecule has 6 nitrogen and oxygen atoms in total. The van der Waals surface area contributed by atoms with Crippen LogP contribution in [0.1, 0.15) is 13.8 Å². The third-order valence-electron chi connectivity index (χ3n) is 2.14. The Hall–Kier alpha value is -1.14.